The standard InChI is InChI=1S/C14H11BrFNO2/c15-11-2-4-12(5-3-11)17-8-10-7-9(14(18)19)1-6-13(10)16/h1-7,17H,8H2,(H,18,19). The number of carboxylic acid groups (broad SMARTS) is 1. The number of carboxylic acids is 1. The van der Waals surface area contributed by atoms with Gasteiger partial charge in [-0.25, -0.2) is 9.18 Å². The summed E-state index contributed by atoms with van der Waals surface area (Å²) in [5.41, 5.74) is 1.24. The Hall–Kier alpha value is -1.88. The summed E-state index contributed by atoms with van der Waals surface area (Å²) in [6, 6.07) is 11.2. The van der Waals surface area contributed by atoms with Crippen LogP contribution < -0.4 is 5.32 Å². The zero-order valence-corrected chi connectivity index (χ0v) is 11.4. The van der Waals surface area contributed by atoms with Crippen molar-refractivity contribution in [2.45, 2.75) is 6.54 Å². The van der Waals surface area contributed by atoms with Gasteiger partial charge in [0.25, 0.3) is 0 Å². The molecular formula is C14H11BrFNO2. The van der Waals surface area contributed by atoms with Gasteiger partial charge >= 0.3 is 5.97 Å². The maximum atomic E-state index is 13.6. The Kier molecular flexibility index (Phi) is 4.16. The monoisotopic (exact) mass is 323 g/mol. The molecule has 0 aliphatic rings. The first-order valence-electron chi connectivity index (χ1n) is 5.57. The highest BCUT2D eigenvalue weighted by Crippen LogP contribution is 2.16. The van der Waals surface area contributed by atoms with Crippen molar-refractivity contribution in [2.24, 2.45) is 0 Å². The largest absolute Gasteiger partial charge is 0.478 e. The molecule has 5 heteroatoms. The molecule has 0 bridgehead atoms. The van der Waals surface area contributed by atoms with Gasteiger partial charge in [0.2, 0.25) is 0 Å². The number of carbonyl (C=O) groups is 1. The van der Waals surface area contributed by atoms with Gasteiger partial charge in [0.1, 0.15) is 5.82 Å². The second kappa shape index (κ2) is 5.84. The van der Waals surface area contributed by atoms with Crippen molar-refractivity contribution in [3.8, 4) is 0 Å². The van der Waals surface area contributed by atoms with Crippen molar-refractivity contribution in [2.75, 3.05) is 5.32 Å². The lowest BCUT2D eigenvalue weighted by Gasteiger charge is -2.08. The maximum absolute atomic E-state index is 13.6. The van der Waals surface area contributed by atoms with Gasteiger partial charge in [-0.2, -0.15) is 0 Å². The van der Waals surface area contributed by atoms with Gasteiger partial charge in [-0.3, -0.25) is 0 Å². The summed E-state index contributed by atoms with van der Waals surface area (Å²) in [5, 5.41) is 11.9. The van der Waals surface area contributed by atoms with E-state index in [1.165, 1.54) is 18.2 Å². The molecule has 0 heterocycles. The highest BCUT2D eigenvalue weighted by Gasteiger charge is 2.08. The van der Waals surface area contributed by atoms with Crippen LogP contribution in [0.5, 0.6) is 0 Å². The summed E-state index contributed by atoms with van der Waals surface area (Å²) < 4.78 is 14.5. The predicted molar refractivity (Wildman–Crippen MR) is 74.8 cm³/mol. The number of halogens is 2. The van der Waals surface area contributed by atoms with Gasteiger partial charge in [0, 0.05) is 22.3 Å². The minimum Gasteiger partial charge on any atom is -0.478 e. The highest BCUT2D eigenvalue weighted by atomic mass is 79.9. The molecule has 0 atom stereocenters. The lowest BCUT2D eigenvalue weighted by molar-refractivity contribution is 0.0696. The molecule has 2 rings (SSSR count). The van der Waals surface area contributed by atoms with Crippen LogP contribution in [0.1, 0.15) is 15.9 Å². The first kappa shape index (κ1) is 13.5. The van der Waals surface area contributed by atoms with E-state index in [2.05, 4.69) is 21.2 Å². The Labute approximate surface area is 118 Å². The van der Waals surface area contributed by atoms with Crippen molar-refractivity contribution in [1.29, 1.82) is 0 Å². The van der Waals surface area contributed by atoms with Crippen LogP contribution in [0, 0.1) is 5.82 Å². The van der Waals surface area contributed by atoms with Crippen molar-refractivity contribution in [3.63, 3.8) is 0 Å². The molecule has 2 aromatic carbocycles. The van der Waals surface area contributed by atoms with Crippen LogP contribution in [0.4, 0.5) is 10.1 Å². The Morgan fingerprint density at radius 1 is 1.21 bits per heavy atom. The number of hydrogen-bond donors (Lipinski definition) is 2. The van der Waals surface area contributed by atoms with Crippen molar-refractivity contribution < 1.29 is 14.3 Å². The molecule has 0 aliphatic carbocycles. The summed E-state index contributed by atoms with van der Waals surface area (Å²) in [5.74, 6) is -1.49. The SMILES string of the molecule is O=C(O)c1ccc(F)c(CNc2ccc(Br)cc2)c1. The second-order valence-electron chi connectivity index (χ2n) is 3.97. The Balaban J connectivity index is 2.12. The molecule has 0 radical (unpaired) electrons. The van der Waals surface area contributed by atoms with E-state index in [4.69, 9.17) is 5.11 Å². The minimum atomic E-state index is -1.06. The van der Waals surface area contributed by atoms with Crippen molar-refractivity contribution >= 4 is 27.6 Å². The normalized spacial score (nSPS) is 10.2. The van der Waals surface area contributed by atoms with Crippen LogP contribution in [0.3, 0.4) is 0 Å². The number of nitrogens with one attached hydrogen (secondary N) is 1. The van der Waals surface area contributed by atoms with E-state index < -0.39 is 11.8 Å². The number of rotatable bonds is 4. The Morgan fingerprint density at radius 3 is 2.53 bits per heavy atom. The average Bonchev–Trinajstić information content (AvgIpc) is 2.39. The number of anilines is 1. The molecule has 0 amide bonds. The van der Waals surface area contributed by atoms with Crippen LogP contribution in [0.15, 0.2) is 46.9 Å². The van der Waals surface area contributed by atoms with E-state index in [-0.39, 0.29) is 12.1 Å². The zero-order chi connectivity index (χ0) is 13.8. The van der Waals surface area contributed by atoms with Crippen LogP contribution in [-0.2, 0) is 6.54 Å². The zero-order valence-electron chi connectivity index (χ0n) is 9.86. The Bertz CT molecular complexity index is 599. The van der Waals surface area contributed by atoms with Gasteiger partial charge in [-0.15, -0.1) is 0 Å². The summed E-state index contributed by atoms with van der Waals surface area (Å²) in [7, 11) is 0. The predicted octanol–water partition coefficient (Wildman–Crippen LogP) is 3.90. The molecule has 2 aromatic rings. The fourth-order valence-electron chi connectivity index (χ4n) is 1.61. The molecule has 0 spiro atoms. The summed E-state index contributed by atoms with van der Waals surface area (Å²) >= 11 is 3.33. The molecule has 2 N–H and O–H groups in total. The van der Waals surface area contributed by atoms with Gasteiger partial charge in [0.05, 0.1) is 5.56 Å². The van der Waals surface area contributed by atoms with E-state index in [9.17, 15) is 9.18 Å². The number of benzene rings is 2. The maximum Gasteiger partial charge on any atom is 0.335 e. The first-order chi connectivity index (χ1) is 9.06. The fraction of sp³-hybridized carbons (Fsp3) is 0.0714. The van der Waals surface area contributed by atoms with Crippen LogP contribution in [0.2, 0.25) is 0 Å². The van der Waals surface area contributed by atoms with Gasteiger partial charge in [0.15, 0.2) is 0 Å². The van der Waals surface area contributed by atoms with E-state index in [0.29, 0.717) is 5.56 Å². The third-order valence-corrected chi connectivity index (χ3v) is 3.15. The second-order valence-corrected chi connectivity index (χ2v) is 4.89. The van der Waals surface area contributed by atoms with Crippen molar-refractivity contribution in [1.82, 2.24) is 0 Å². The molecular weight excluding hydrogens is 313 g/mol. The van der Waals surface area contributed by atoms with Crippen molar-refractivity contribution in [3.05, 3.63) is 63.9 Å². The van der Waals surface area contributed by atoms with E-state index >= 15 is 0 Å². The molecule has 0 unspecified atom stereocenters. The minimum absolute atomic E-state index is 0.0778. The van der Waals surface area contributed by atoms with Gasteiger partial charge in [-0.05, 0) is 42.5 Å². The lowest BCUT2D eigenvalue weighted by atomic mass is 10.1. The van der Waals surface area contributed by atoms with Gasteiger partial charge in [-0.1, -0.05) is 15.9 Å². The summed E-state index contributed by atoms with van der Waals surface area (Å²) in [6.07, 6.45) is 0. The Morgan fingerprint density at radius 2 is 1.89 bits per heavy atom. The first-order valence-corrected chi connectivity index (χ1v) is 6.37. The molecule has 0 fully saturated rings. The number of aromatic carboxylic acids is 1. The molecule has 98 valence electrons. The van der Waals surface area contributed by atoms with Crippen LogP contribution >= 0.6 is 15.9 Å². The third-order valence-electron chi connectivity index (χ3n) is 2.62. The smallest absolute Gasteiger partial charge is 0.335 e. The molecule has 3 nitrogen and oxygen atoms in total. The highest BCUT2D eigenvalue weighted by molar-refractivity contribution is 9.10. The number of hydrogen-bond acceptors (Lipinski definition) is 2. The fourth-order valence-corrected chi connectivity index (χ4v) is 1.87. The average molecular weight is 324 g/mol. The van der Waals surface area contributed by atoms with Crippen LogP contribution in [0.25, 0.3) is 0 Å². The molecule has 0 aliphatic heterocycles. The topological polar surface area (TPSA) is 49.3 Å². The van der Waals surface area contributed by atoms with E-state index in [1.54, 1.807) is 0 Å². The third kappa shape index (κ3) is 3.54. The van der Waals surface area contributed by atoms with E-state index in [1.807, 2.05) is 24.3 Å². The molecule has 0 saturated heterocycles. The molecule has 19 heavy (non-hydrogen) atoms. The quantitative estimate of drug-likeness (QED) is 0.897. The molecule has 0 aromatic heterocycles. The van der Waals surface area contributed by atoms with Gasteiger partial charge < -0.3 is 10.4 Å². The van der Waals surface area contributed by atoms with Crippen LogP contribution in [-0.4, -0.2) is 11.1 Å². The summed E-state index contributed by atoms with van der Waals surface area (Å²) in [4.78, 5) is 10.8. The van der Waals surface area contributed by atoms with E-state index in [0.717, 1.165) is 10.2 Å². The summed E-state index contributed by atoms with van der Waals surface area (Å²) in [6.45, 7) is 0.231. The lowest BCUT2D eigenvalue weighted by Crippen LogP contribution is -2.04. The molecule has 0 saturated carbocycles.